The highest BCUT2D eigenvalue weighted by molar-refractivity contribution is 5.68. The number of hydrogen-bond donors (Lipinski definition) is 3. The van der Waals surface area contributed by atoms with Crippen molar-refractivity contribution in [1.82, 2.24) is 10.1 Å². The number of aromatic nitrogens is 2. The highest BCUT2D eigenvalue weighted by Crippen LogP contribution is 2.27. The summed E-state index contributed by atoms with van der Waals surface area (Å²) in [7, 11) is 0. The number of hydrogen-bond acceptors (Lipinski definition) is 6. The molecule has 106 valence electrons. The Bertz CT molecular complexity index is 796. The van der Waals surface area contributed by atoms with Crippen LogP contribution in [0.5, 0.6) is 5.75 Å². The first kappa shape index (κ1) is 12.9. The first-order valence-electron chi connectivity index (χ1n) is 6.02. The molecule has 0 saturated heterocycles. The Kier molecular flexibility index (Phi) is 2.94. The van der Waals surface area contributed by atoms with Gasteiger partial charge in [0.1, 0.15) is 0 Å². The molecule has 0 bridgehead atoms. The number of phenolic OH excluding ortho intramolecular Hbond substituents is 1. The summed E-state index contributed by atoms with van der Waals surface area (Å²) in [4.78, 5) is 4.17. The van der Waals surface area contributed by atoms with Crippen LogP contribution in [0.2, 0.25) is 0 Å². The van der Waals surface area contributed by atoms with Gasteiger partial charge in [-0.15, -0.1) is 0 Å². The van der Waals surface area contributed by atoms with Crippen LogP contribution in [-0.4, -0.2) is 15.2 Å². The van der Waals surface area contributed by atoms with Crippen molar-refractivity contribution in [2.24, 2.45) is 0 Å². The van der Waals surface area contributed by atoms with Gasteiger partial charge in [-0.3, -0.25) is 0 Å². The largest absolute Gasteiger partial charge is 0.505 e. The SMILES string of the molecule is Nc1cc(N)cc(-c2nc(-c3ccc(O)c(F)c3)no2)c1. The third-order valence-corrected chi connectivity index (χ3v) is 2.86. The molecule has 0 fully saturated rings. The lowest BCUT2D eigenvalue weighted by Crippen LogP contribution is -1.91. The van der Waals surface area contributed by atoms with E-state index in [1.54, 1.807) is 18.2 Å². The Morgan fingerprint density at radius 1 is 1.00 bits per heavy atom. The van der Waals surface area contributed by atoms with Crippen molar-refractivity contribution in [3.8, 4) is 28.6 Å². The monoisotopic (exact) mass is 286 g/mol. The predicted molar refractivity (Wildman–Crippen MR) is 75.6 cm³/mol. The summed E-state index contributed by atoms with van der Waals surface area (Å²) in [5.41, 5.74) is 13.3. The van der Waals surface area contributed by atoms with E-state index in [4.69, 9.17) is 21.1 Å². The smallest absolute Gasteiger partial charge is 0.258 e. The van der Waals surface area contributed by atoms with Crippen LogP contribution in [0.25, 0.3) is 22.8 Å². The molecule has 0 radical (unpaired) electrons. The summed E-state index contributed by atoms with van der Waals surface area (Å²) < 4.78 is 18.5. The van der Waals surface area contributed by atoms with Gasteiger partial charge in [-0.1, -0.05) is 5.16 Å². The number of benzene rings is 2. The van der Waals surface area contributed by atoms with Gasteiger partial charge >= 0.3 is 0 Å². The molecule has 1 aromatic heterocycles. The molecule has 21 heavy (non-hydrogen) atoms. The number of phenols is 1. The van der Waals surface area contributed by atoms with Gasteiger partial charge in [0.05, 0.1) is 0 Å². The fourth-order valence-electron chi connectivity index (χ4n) is 1.90. The number of halogens is 1. The zero-order chi connectivity index (χ0) is 15.0. The fourth-order valence-corrected chi connectivity index (χ4v) is 1.90. The lowest BCUT2D eigenvalue weighted by molar-refractivity contribution is 0.430. The van der Waals surface area contributed by atoms with Crippen molar-refractivity contribution >= 4 is 11.4 Å². The molecule has 5 N–H and O–H groups in total. The topological polar surface area (TPSA) is 111 Å². The number of rotatable bonds is 2. The van der Waals surface area contributed by atoms with Crippen LogP contribution < -0.4 is 11.5 Å². The van der Waals surface area contributed by atoms with Crippen LogP contribution in [0.15, 0.2) is 40.9 Å². The minimum atomic E-state index is -0.757. The molecule has 0 atom stereocenters. The Labute approximate surface area is 118 Å². The molecule has 3 aromatic rings. The van der Waals surface area contributed by atoms with Gasteiger partial charge in [0.15, 0.2) is 11.6 Å². The van der Waals surface area contributed by atoms with E-state index in [0.717, 1.165) is 6.07 Å². The van der Waals surface area contributed by atoms with Crippen LogP contribution in [0, 0.1) is 5.82 Å². The van der Waals surface area contributed by atoms with Crippen LogP contribution >= 0.6 is 0 Å². The van der Waals surface area contributed by atoms with E-state index in [1.165, 1.54) is 12.1 Å². The van der Waals surface area contributed by atoms with Crippen LogP contribution in [0.4, 0.5) is 15.8 Å². The summed E-state index contributed by atoms with van der Waals surface area (Å²) in [6, 6.07) is 8.73. The molecule has 0 spiro atoms. The summed E-state index contributed by atoms with van der Waals surface area (Å²) in [5.74, 6) is -0.777. The molecular formula is C14H11FN4O2. The third-order valence-electron chi connectivity index (χ3n) is 2.86. The molecule has 0 unspecified atom stereocenters. The predicted octanol–water partition coefficient (Wildman–Crippen LogP) is 2.41. The highest BCUT2D eigenvalue weighted by atomic mass is 19.1. The molecular weight excluding hydrogens is 275 g/mol. The summed E-state index contributed by atoms with van der Waals surface area (Å²) in [6.07, 6.45) is 0. The minimum Gasteiger partial charge on any atom is -0.505 e. The zero-order valence-corrected chi connectivity index (χ0v) is 10.7. The van der Waals surface area contributed by atoms with Crippen molar-refractivity contribution in [2.75, 3.05) is 11.5 Å². The zero-order valence-electron chi connectivity index (χ0n) is 10.7. The Balaban J connectivity index is 2.01. The van der Waals surface area contributed by atoms with E-state index in [9.17, 15) is 4.39 Å². The third kappa shape index (κ3) is 2.48. The summed E-state index contributed by atoms with van der Waals surface area (Å²) >= 11 is 0. The van der Waals surface area contributed by atoms with E-state index < -0.39 is 11.6 Å². The minimum absolute atomic E-state index is 0.199. The molecule has 0 aliphatic carbocycles. The maximum atomic E-state index is 13.3. The molecule has 6 nitrogen and oxygen atoms in total. The molecule has 1 heterocycles. The van der Waals surface area contributed by atoms with Crippen LogP contribution in [0.3, 0.4) is 0 Å². The quantitative estimate of drug-likeness (QED) is 0.624. The second-order valence-electron chi connectivity index (χ2n) is 4.48. The van der Waals surface area contributed by atoms with Crippen molar-refractivity contribution in [3.05, 3.63) is 42.2 Å². The molecule has 0 aliphatic rings. The van der Waals surface area contributed by atoms with E-state index in [-0.39, 0.29) is 11.7 Å². The molecule has 0 aliphatic heterocycles. The van der Waals surface area contributed by atoms with Crippen molar-refractivity contribution in [3.63, 3.8) is 0 Å². The Morgan fingerprint density at radius 3 is 2.38 bits per heavy atom. The average molecular weight is 286 g/mol. The van der Waals surface area contributed by atoms with Gasteiger partial charge in [-0.2, -0.15) is 4.98 Å². The Hall–Kier alpha value is -3.09. The average Bonchev–Trinajstić information content (AvgIpc) is 2.90. The van der Waals surface area contributed by atoms with E-state index in [1.807, 2.05) is 0 Å². The maximum absolute atomic E-state index is 13.3. The highest BCUT2D eigenvalue weighted by Gasteiger charge is 2.13. The number of anilines is 2. The van der Waals surface area contributed by atoms with E-state index in [2.05, 4.69) is 10.1 Å². The Morgan fingerprint density at radius 2 is 1.71 bits per heavy atom. The van der Waals surface area contributed by atoms with Crippen molar-refractivity contribution in [2.45, 2.75) is 0 Å². The lowest BCUT2D eigenvalue weighted by Gasteiger charge is -1.99. The van der Waals surface area contributed by atoms with Gasteiger partial charge in [0.25, 0.3) is 5.89 Å². The standard InChI is InChI=1S/C14H11FN4O2/c15-11-5-7(1-2-12(11)20)13-18-14(21-19-13)8-3-9(16)6-10(17)4-8/h1-6,20H,16-17H2. The number of nitrogens with zero attached hydrogens (tertiary/aromatic N) is 2. The first-order chi connectivity index (χ1) is 10.0. The van der Waals surface area contributed by atoms with Gasteiger partial charge in [0.2, 0.25) is 5.82 Å². The van der Waals surface area contributed by atoms with Gasteiger partial charge in [-0.25, -0.2) is 4.39 Å². The van der Waals surface area contributed by atoms with E-state index in [0.29, 0.717) is 22.5 Å². The molecule has 7 heteroatoms. The van der Waals surface area contributed by atoms with Gasteiger partial charge in [-0.05, 0) is 36.4 Å². The van der Waals surface area contributed by atoms with Gasteiger partial charge < -0.3 is 21.1 Å². The van der Waals surface area contributed by atoms with Crippen molar-refractivity contribution < 1.29 is 14.0 Å². The van der Waals surface area contributed by atoms with Gasteiger partial charge in [0, 0.05) is 22.5 Å². The maximum Gasteiger partial charge on any atom is 0.258 e. The molecule has 2 aromatic carbocycles. The van der Waals surface area contributed by atoms with Crippen LogP contribution in [0.1, 0.15) is 0 Å². The molecule has 3 rings (SSSR count). The first-order valence-corrected chi connectivity index (χ1v) is 6.02. The normalized spacial score (nSPS) is 10.7. The number of nitrogens with two attached hydrogens (primary N) is 2. The second kappa shape index (κ2) is 4.78. The lowest BCUT2D eigenvalue weighted by atomic mass is 10.1. The van der Waals surface area contributed by atoms with E-state index >= 15 is 0 Å². The summed E-state index contributed by atoms with van der Waals surface area (Å²) in [6.45, 7) is 0. The number of aromatic hydroxyl groups is 1. The molecule has 0 saturated carbocycles. The molecule has 0 amide bonds. The van der Waals surface area contributed by atoms with Crippen molar-refractivity contribution in [1.29, 1.82) is 0 Å². The van der Waals surface area contributed by atoms with Crippen LogP contribution in [-0.2, 0) is 0 Å². The summed E-state index contributed by atoms with van der Waals surface area (Å²) in [5, 5.41) is 12.9. The number of nitrogen functional groups attached to an aromatic ring is 2. The second-order valence-corrected chi connectivity index (χ2v) is 4.48. The fraction of sp³-hybridized carbons (Fsp3) is 0.